The van der Waals surface area contributed by atoms with Crippen molar-refractivity contribution < 1.29 is 9.59 Å². The van der Waals surface area contributed by atoms with Gasteiger partial charge in [0.05, 0.1) is 10.6 Å². The Labute approximate surface area is 209 Å². The molecule has 7 nitrogen and oxygen atoms in total. The summed E-state index contributed by atoms with van der Waals surface area (Å²) in [5.41, 5.74) is 0.919. The number of carbonyl (C=O) groups is 2. The van der Waals surface area contributed by atoms with Crippen molar-refractivity contribution in [2.24, 2.45) is 5.41 Å². The number of hydrogen-bond acceptors (Lipinski definition) is 6. The highest BCUT2D eigenvalue weighted by atomic mass is 32.2. The first kappa shape index (κ1) is 24.5. The van der Waals surface area contributed by atoms with Crippen molar-refractivity contribution >= 4 is 34.9 Å². The number of aromatic nitrogens is 3. The lowest BCUT2D eigenvalue weighted by molar-refractivity contribution is -0.142. The largest absolute Gasteiger partial charge is 0.338 e. The molecule has 1 aromatic carbocycles. The summed E-state index contributed by atoms with van der Waals surface area (Å²) < 4.78 is 2.01. The molecule has 3 aromatic rings. The molecule has 1 aliphatic heterocycles. The average Bonchev–Trinajstić information content (AvgIpc) is 3.46. The van der Waals surface area contributed by atoms with Crippen LogP contribution in [0.15, 0.2) is 53.0 Å². The molecule has 4 rings (SSSR count). The summed E-state index contributed by atoms with van der Waals surface area (Å²) in [4.78, 5) is 30.5. The molecular weight excluding hydrogens is 466 g/mol. The van der Waals surface area contributed by atoms with Gasteiger partial charge in [-0.3, -0.25) is 14.2 Å². The molecule has 3 heterocycles. The molecule has 180 valence electrons. The number of amides is 2. The van der Waals surface area contributed by atoms with E-state index in [1.165, 1.54) is 11.8 Å². The lowest BCUT2D eigenvalue weighted by Crippen LogP contribution is -2.56. The fourth-order valence-corrected chi connectivity index (χ4v) is 5.62. The average molecular weight is 498 g/mol. The van der Waals surface area contributed by atoms with Gasteiger partial charge in [-0.2, -0.15) is 0 Å². The maximum atomic E-state index is 13.1. The van der Waals surface area contributed by atoms with E-state index in [9.17, 15) is 9.59 Å². The minimum absolute atomic E-state index is 0.0101. The summed E-state index contributed by atoms with van der Waals surface area (Å²) in [5.74, 6) is 1.27. The summed E-state index contributed by atoms with van der Waals surface area (Å²) >= 11 is 3.01. The highest BCUT2D eigenvalue weighted by Crippen LogP contribution is 2.30. The molecule has 9 heteroatoms. The smallest absolute Gasteiger partial charge is 0.233 e. The van der Waals surface area contributed by atoms with E-state index in [1.54, 1.807) is 11.3 Å². The van der Waals surface area contributed by atoms with Crippen LogP contribution in [0.4, 0.5) is 0 Å². The predicted molar refractivity (Wildman–Crippen MR) is 137 cm³/mol. The normalized spacial score (nSPS) is 16.6. The van der Waals surface area contributed by atoms with Crippen LogP contribution in [-0.2, 0) is 9.59 Å². The Morgan fingerprint density at radius 1 is 1.06 bits per heavy atom. The molecule has 1 fully saturated rings. The van der Waals surface area contributed by atoms with Crippen LogP contribution in [0.3, 0.4) is 0 Å². The third kappa shape index (κ3) is 5.70. The van der Waals surface area contributed by atoms with E-state index in [-0.39, 0.29) is 29.0 Å². The van der Waals surface area contributed by atoms with Gasteiger partial charge < -0.3 is 9.80 Å². The molecular formula is C25H31N5O2S2. The Balaban J connectivity index is 1.43. The van der Waals surface area contributed by atoms with Gasteiger partial charge in [0.2, 0.25) is 11.8 Å². The van der Waals surface area contributed by atoms with Crippen LogP contribution in [0.25, 0.3) is 16.4 Å². The zero-order valence-electron chi connectivity index (χ0n) is 20.1. The van der Waals surface area contributed by atoms with Gasteiger partial charge in [-0.05, 0) is 35.9 Å². The van der Waals surface area contributed by atoms with Gasteiger partial charge >= 0.3 is 0 Å². The fraction of sp³-hybridized carbons (Fsp3) is 0.440. The minimum atomic E-state index is -0.0446. The number of nitrogens with zero attached hydrogens (tertiary/aromatic N) is 5. The molecule has 1 atom stereocenters. The molecule has 0 aliphatic carbocycles. The van der Waals surface area contributed by atoms with Crippen LogP contribution < -0.4 is 0 Å². The summed E-state index contributed by atoms with van der Waals surface area (Å²) in [7, 11) is 0. The maximum absolute atomic E-state index is 13.1. The van der Waals surface area contributed by atoms with Gasteiger partial charge in [0, 0.05) is 37.8 Å². The lowest BCUT2D eigenvalue weighted by Gasteiger charge is -2.40. The molecule has 2 aromatic heterocycles. The molecule has 1 saturated heterocycles. The second-order valence-corrected chi connectivity index (χ2v) is 11.6. The number of benzene rings is 1. The summed E-state index contributed by atoms with van der Waals surface area (Å²) in [5, 5.41) is 11.5. The van der Waals surface area contributed by atoms with Gasteiger partial charge in [-0.15, -0.1) is 21.5 Å². The molecule has 0 N–H and O–H groups in total. The zero-order chi connectivity index (χ0) is 24.3. The molecule has 0 bridgehead atoms. The van der Waals surface area contributed by atoms with Crippen LogP contribution >= 0.6 is 23.1 Å². The number of rotatable bonds is 6. The molecule has 0 radical (unpaired) electrons. The molecule has 34 heavy (non-hydrogen) atoms. The highest BCUT2D eigenvalue weighted by molar-refractivity contribution is 7.99. The Morgan fingerprint density at radius 2 is 1.82 bits per heavy atom. The summed E-state index contributed by atoms with van der Waals surface area (Å²) in [6.45, 7) is 9.94. The highest BCUT2D eigenvalue weighted by Gasteiger charge is 2.31. The second-order valence-electron chi connectivity index (χ2n) is 9.76. The maximum Gasteiger partial charge on any atom is 0.233 e. The van der Waals surface area contributed by atoms with Crippen molar-refractivity contribution in [3.8, 4) is 16.4 Å². The van der Waals surface area contributed by atoms with Gasteiger partial charge in [0.1, 0.15) is 0 Å². The third-order valence-corrected chi connectivity index (χ3v) is 7.48. The van der Waals surface area contributed by atoms with Crippen LogP contribution in [-0.4, -0.2) is 67.8 Å². The number of para-hydroxylation sites is 1. The van der Waals surface area contributed by atoms with E-state index in [0.29, 0.717) is 31.2 Å². The monoisotopic (exact) mass is 497 g/mol. The number of thiophene rings is 1. The summed E-state index contributed by atoms with van der Waals surface area (Å²) in [6.07, 6.45) is 0.517. The zero-order valence-corrected chi connectivity index (χ0v) is 21.7. The van der Waals surface area contributed by atoms with Gasteiger partial charge in [0.15, 0.2) is 11.0 Å². The summed E-state index contributed by atoms with van der Waals surface area (Å²) in [6, 6.07) is 14.0. The Kier molecular flexibility index (Phi) is 7.42. The standard InChI is InChI=1S/C25H31N5O2S2/c1-18-16-28(12-13-29(18)21(31)15-25(2,3)4)22(32)17-34-24-27-26-23(20-11-8-14-33-20)30(24)19-9-6-5-7-10-19/h5-11,14,18H,12-13,15-17H2,1-4H3. The molecule has 0 spiro atoms. The predicted octanol–water partition coefficient (Wildman–Crippen LogP) is 4.58. The van der Waals surface area contributed by atoms with E-state index in [4.69, 9.17) is 0 Å². The van der Waals surface area contributed by atoms with Crippen molar-refractivity contribution in [3.05, 3.63) is 47.8 Å². The first-order chi connectivity index (χ1) is 16.2. The van der Waals surface area contributed by atoms with E-state index < -0.39 is 0 Å². The molecule has 1 unspecified atom stereocenters. The van der Waals surface area contributed by atoms with E-state index >= 15 is 0 Å². The van der Waals surface area contributed by atoms with Gasteiger partial charge in [-0.25, -0.2) is 0 Å². The van der Waals surface area contributed by atoms with E-state index in [0.717, 1.165) is 16.4 Å². The number of thioether (sulfide) groups is 1. The number of piperazine rings is 1. The Hall–Kier alpha value is -2.65. The topological polar surface area (TPSA) is 71.3 Å². The Morgan fingerprint density at radius 3 is 2.47 bits per heavy atom. The van der Waals surface area contributed by atoms with E-state index in [1.807, 2.05) is 69.1 Å². The molecule has 0 saturated carbocycles. The van der Waals surface area contributed by atoms with Crippen LogP contribution in [0, 0.1) is 5.41 Å². The van der Waals surface area contributed by atoms with Crippen molar-refractivity contribution in [1.82, 2.24) is 24.6 Å². The van der Waals surface area contributed by atoms with Crippen LogP contribution in [0.1, 0.15) is 34.1 Å². The molecule has 2 amide bonds. The van der Waals surface area contributed by atoms with Crippen LogP contribution in [0.2, 0.25) is 0 Å². The lowest BCUT2D eigenvalue weighted by atomic mass is 9.91. The fourth-order valence-electron chi connectivity index (χ4n) is 4.07. The van der Waals surface area contributed by atoms with Crippen molar-refractivity contribution in [1.29, 1.82) is 0 Å². The first-order valence-corrected chi connectivity index (χ1v) is 13.3. The van der Waals surface area contributed by atoms with E-state index in [2.05, 4.69) is 31.0 Å². The molecule has 1 aliphatic rings. The Bertz CT molecular complexity index is 1120. The van der Waals surface area contributed by atoms with Gasteiger partial charge in [-0.1, -0.05) is 56.8 Å². The first-order valence-electron chi connectivity index (χ1n) is 11.5. The quantitative estimate of drug-likeness (QED) is 0.466. The SMILES string of the molecule is CC1CN(C(=O)CSc2nnc(-c3cccs3)n2-c2ccccc2)CCN1C(=O)CC(C)(C)C. The van der Waals surface area contributed by atoms with Crippen molar-refractivity contribution in [2.75, 3.05) is 25.4 Å². The number of carbonyl (C=O) groups excluding carboxylic acids is 2. The van der Waals surface area contributed by atoms with Gasteiger partial charge in [0.25, 0.3) is 0 Å². The number of hydrogen-bond donors (Lipinski definition) is 0. The van der Waals surface area contributed by atoms with Crippen molar-refractivity contribution in [3.63, 3.8) is 0 Å². The minimum Gasteiger partial charge on any atom is -0.338 e. The van der Waals surface area contributed by atoms with Crippen molar-refractivity contribution in [2.45, 2.75) is 45.3 Å². The second kappa shape index (κ2) is 10.3. The van der Waals surface area contributed by atoms with Crippen LogP contribution in [0.5, 0.6) is 0 Å². The third-order valence-electron chi connectivity index (χ3n) is 5.70.